The van der Waals surface area contributed by atoms with E-state index in [9.17, 15) is 4.79 Å². The third-order valence-corrected chi connectivity index (χ3v) is 4.00. The molecule has 0 fully saturated rings. The second-order valence-corrected chi connectivity index (χ2v) is 5.90. The maximum absolute atomic E-state index is 11.9. The number of hydrogen-bond donors (Lipinski definition) is 1. The molecule has 0 aliphatic carbocycles. The summed E-state index contributed by atoms with van der Waals surface area (Å²) in [7, 11) is 0. The number of esters is 1. The Morgan fingerprint density at radius 1 is 1.47 bits per heavy atom. The van der Waals surface area contributed by atoms with E-state index in [1.165, 1.54) is 0 Å². The van der Waals surface area contributed by atoms with Gasteiger partial charge in [0.15, 0.2) is 0 Å². The van der Waals surface area contributed by atoms with Crippen molar-refractivity contribution >= 4 is 39.3 Å². The van der Waals surface area contributed by atoms with Crippen LogP contribution in [0.2, 0.25) is 0 Å². The molecule has 0 bridgehead atoms. The lowest BCUT2D eigenvalue weighted by Crippen LogP contribution is -2.31. The van der Waals surface area contributed by atoms with E-state index in [1.807, 2.05) is 31.2 Å². The van der Waals surface area contributed by atoms with Gasteiger partial charge in [-0.1, -0.05) is 12.1 Å². The lowest BCUT2D eigenvalue weighted by molar-refractivity contribution is -0.144. The van der Waals surface area contributed by atoms with Crippen LogP contribution < -0.4 is 5.32 Å². The van der Waals surface area contributed by atoms with Crippen LogP contribution in [0.3, 0.4) is 0 Å². The smallest absolute Gasteiger partial charge is 0.328 e. The summed E-state index contributed by atoms with van der Waals surface area (Å²) < 4.78 is 6.08. The Hall–Kier alpha value is -0.680. The van der Waals surface area contributed by atoms with Crippen LogP contribution in [0.4, 0.5) is 5.69 Å². The number of hydrogen-bond acceptors (Lipinski definition) is 4. The van der Waals surface area contributed by atoms with E-state index >= 15 is 0 Å². The van der Waals surface area contributed by atoms with Crippen molar-refractivity contribution in [2.45, 2.75) is 25.8 Å². The number of anilines is 1. The van der Waals surface area contributed by atoms with E-state index in [0.29, 0.717) is 6.61 Å². The summed E-state index contributed by atoms with van der Waals surface area (Å²) >= 11 is 5.26. The molecule has 5 heteroatoms. The van der Waals surface area contributed by atoms with E-state index in [4.69, 9.17) is 4.74 Å². The van der Waals surface area contributed by atoms with Gasteiger partial charge in [-0.25, -0.2) is 4.79 Å². The highest BCUT2D eigenvalue weighted by atomic mass is 79.9. The van der Waals surface area contributed by atoms with Crippen LogP contribution in [0, 0.1) is 0 Å². The van der Waals surface area contributed by atoms with Gasteiger partial charge in [-0.3, -0.25) is 0 Å². The molecule has 1 aromatic carbocycles. The number of para-hydroxylation sites is 1. The predicted octanol–water partition coefficient (Wildman–Crippen LogP) is 3.94. The first-order valence-corrected chi connectivity index (χ1v) is 8.54. The Morgan fingerprint density at radius 2 is 2.21 bits per heavy atom. The molecule has 0 aromatic heterocycles. The Kier molecular flexibility index (Phi) is 7.98. The summed E-state index contributed by atoms with van der Waals surface area (Å²) in [6.07, 6.45) is 3.84. The average molecular weight is 346 g/mol. The van der Waals surface area contributed by atoms with Gasteiger partial charge in [-0.15, -0.1) is 0 Å². The largest absolute Gasteiger partial charge is 0.464 e. The SMILES string of the molecule is CCOC(=O)C(CCCSC)Nc1ccccc1Br. The summed E-state index contributed by atoms with van der Waals surface area (Å²) in [4.78, 5) is 11.9. The van der Waals surface area contributed by atoms with Crippen LogP contribution in [0.1, 0.15) is 19.8 Å². The van der Waals surface area contributed by atoms with Gasteiger partial charge in [-0.05, 0) is 59.8 Å². The predicted molar refractivity (Wildman–Crippen MR) is 85.8 cm³/mol. The van der Waals surface area contributed by atoms with E-state index in [1.54, 1.807) is 11.8 Å². The lowest BCUT2D eigenvalue weighted by Gasteiger charge is -2.19. The molecule has 0 aliphatic rings. The standard InChI is InChI=1S/C14H20BrNO2S/c1-3-18-14(17)13(9-6-10-19-2)16-12-8-5-4-7-11(12)15/h4-5,7-8,13,16H,3,6,9-10H2,1-2H3. The molecule has 0 aliphatic heterocycles. The molecule has 1 N–H and O–H groups in total. The van der Waals surface area contributed by atoms with Crippen molar-refractivity contribution in [2.75, 3.05) is 23.9 Å². The van der Waals surface area contributed by atoms with Crippen LogP contribution in [0.15, 0.2) is 28.7 Å². The van der Waals surface area contributed by atoms with Gasteiger partial charge in [0, 0.05) is 10.2 Å². The molecule has 1 atom stereocenters. The third-order valence-electron chi connectivity index (χ3n) is 2.62. The Morgan fingerprint density at radius 3 is 2.84 bits per heavy atom. The number of carbonyl (C=O) groups is 1. The molecule has 0 spiro atoms. The van der Waals surface area contributed by atoms with E-state index in [-0.39, 0.29) is 12.0 Å². The number of halogens is 1. The van der Waals surface area contributed by atoms with Crippen molar-refractivity contribution in [2.24, 2.45) is 0 Å². The molecule has 0 saturated carbocycles. The van der Waals surface area contributed by atoms with Crippen LogP contribution in [0.5, 0.6) is 0 Å². The maximum Gasteiger partial charge on any atom is 0.328 e. The Balaban J connectivity index is 2.67. The molecule has 0 amide bonds. The van der Waals surface area contributed by atoms with Crippen LogP contribution in [-0.4, -0.2) is 30.6 Å². The van der Waals surface area contributed by atoms with Crippen molar-refractivity contribution in [3.63, 3.8) is 0 Å². The molecule has 19 heavy (non-hydrogen) atoms. The van der Waals surface area contributed by atoms with Gasteiger partial charge in [0.25, 0.3) is 0 Å². The zero-order chi connectivity index (χ0) is 14.1. The minimum absolute atomic E-state index is 0.181. The first-order chi connectivity index (χ1) is 9.19. The first kappa shape index (κ1) is 16.4. The van der Waals surface area contributed by atoms with Crippen molar-refractivity contribution in [1.29, 1.82) is 0 Å². The van der Waals surface area contributed by atoms with Crippen molar-refractivity contribution in [3.8, 4) is 0 Å². The molecule has 0 saturated heterocycles. The minimum Gasteiger partial charge on any atom is -0.464 e. The highest BCUT2D eigenvalue weighted by Gasteiger charge is 2.19. The summed E-state index contributed by atoms with van der Waals surface area (Å²) in [5.74, 6) is 0.868. The number of ether oxygens (including phenoxy) is 1. The molecule has 3 nitrogen and oxygen atoms in total. The number of thioether (sulfide) groups is 1. The number of nitrogens with one attached hydrogen (secondary N) is 1. The molecular formula is C14H20BrNO2S. The van der Waals surface area contributed by atoms with Crippen LogP contribution >= 0.6 is 27.7 Å². The average Bonchev–Trinajstić information content (AvgIpc) is 2.40. The minimum atomic E-state index is -0.286. The van der Waals surface area contributed by atoms with Gasteiger partial charge in [0.05, 0.1) is 6.61 Å². The van der Waals surface area contributed by atoms with Crippen molar-refractivity contribution in [3.05, 3.63) is 28.7 Å². The Labute approximate surface area is 127 Å². The summed E-state index contributed by atoms with van der Waals surface area (Å²) in [5.41, 5.74) is 0.921. The fourth-order valence-corrected chi connectivity index (χ4v) is 2.54. The van der Waals surface area contributed by atoms with Crippen LogP contribution in [-0.2, 0) is 9.53 Å². The molecule has 1 aromatic rings. The zero-order valence-corrected chi connectivity index (χ0v) is 13.7. The third kappa shape index (κ3) is 5.87. The molecule has 106 valence electrons. The molecule has 1 unspecified atom stereocenters. The fourth-order valence-electron chi connectivity index (χ4n) is 1.69. The van der Waals surface area contributed by atoms with Gasteiger partial charge in [-0.2, -0.15) is 11.8 Å². The molecule has 0 heterocycles. The normalized spacial score (nSPS) is 11.9. The summed E-state index contributed by atoms with van der Waals surface area (Å²) in [6, 6.07) is 7.50. The maximum atomic E-state index is 11.9. The lowest BCUT2D eigenvalue weighted by atomic mass is 10.1. The first-order valence-electron chi connectivity index (χ1n) is 6.35. The molecule has 0 radical (unpaired) electrons. The zero-order valence-electron chi connectivity index (χ0n) is 11.3. The molecular weight excluding hydrogens is 326 g/mol. The van der Waals surface area contributed by atoms with E-state index < -0.39 is 0 Å². The van der Waals surface area contributed by atoms with Crippen molar-refractivity contribution in [1.82, 2.24) is 0 Å². The quantitative estimate of drug-likeness (QED) is 0.572. The summed E-state index contributed by atoms with van der Waals surface area (Å²) in [5, 5.41) is 3.26. The summed E-state index contributed by atoms with van der Waals surface area (Å²) in [6.45, 7) is 2.24. The van der Waals surface area contributed by atoms with E-state index in [2.05, 4.69) is 27.5 Å². The highest BCUT2D eigenvalue weighted by Crippen LogP contribution is 2.23. The Bertz CT molecular complexity index is 401. The monoisotopic (exact) mass is 345 g/mol. The molecule has 1 rings (SSSR count). The fraction of sp³-hybridized carbons (Fsp3) is 0.500. The topological polar surface area (TPSA) is 38.3 Å². The van der Waals surface area contributed by atoms with Gasteiger partial charge < -0.3 is 10.1 Å². The van der Waals surface area contributed by atoms with Crippen LogP contribution in [0.25, 0.3) is 0 Å². The van der Waals surface area contributed by atoms with Gasteiger partial charge >= 0.3 is 5.97 Å². The number of rotatable bonds is 8. The highest BCUT2D eigenvalue weighted by molar-refractivity contribution is 9.10. The van der Waals surface area contributed by atoms with Crippen molar-refractivity contribution < 1.29 is 9.53 Å². The van der Waals surface area contributed by atoms with Gasteiger partial charge in [0.1, 0.15) is 6.04 Å². The van der Waals surface area contributed by atoms with Gasteiger partial charge in [0.2, 0.25) is 0 Å². The second kappa shape index (κ2) is 9.26. The second-order valence-electron chi connectivity index (χ2n) is 4.06. The number of benzene rings is 1. The number of carbonyl (C=O) groups excluding carboxylic acids is 1. The van der Waals surface area contributed by atoms with E-state index in [0.717, 1.165) is 28.8 Å².